The van der Waals surface area contributed by atoms with Crippen LogP contribution in [0, 0.1) is 0 Å². The third kappa shape index (κ3) is 1.72. The molecule has 0 amide bonds. The van der Waals surface area contributed by atoms with Crippen LogP contribution in [-0.2, 0) is 0 Å². The zero-order valence-corrected chi connectivity index (χ0v) is 8.24. The summed E-state index contributed by atoms with van der Waals surface area (Å²) in [6.45, 7) is 3.22. The molecular formula is C11H13NO2. The number of benzene rings is 1. The van der Waals surface area contributed by atoms with Gasteiger partial charge < -0.3 is 14.8 Å². The summed E-state index contributed by atoms with van der Waals surface area (Å²) in [5.41, 5.74) is 1.01. The molecule has 1 aromatic carbocycles. The number of H-pyrrole nitrogens is 1. The molecule has 0 spiro atoms. The number of aliphatic hydroxyl groups is 1. The Morgan fingerprint density at radius 3 is 2.79 bits per heavy atom. The monoisotopic (exact) mass is 191 g/mol. The molecular weight excluding hydrogens is 178 g/mol. The Bertz CT molecular complexity index is 440. The molecule has 0 bridgehead atoms. The summed E-state index contributed by atoms with van der Waals surface area (Å²) in [5.74, 6) is -0.456. The van der Waals surface area contributed by atoms with Crippen molar-refractivity contribution >= 4 is 10.9 Å². The van der Waals surface area contributed by atoms with Crippen molar-refractivity contribution in [3.63, 3.8) is 0 Å². The lowest BCUT2D eigenvalue weighted by Crippen LogP contribution is -2.26. The Morgan fingerprint density at radius 2 is 2.07 bits per heavy atom. The van der Waals surface area contributed by atoms with Crippen LogP contribution in [-0.4, -0.2) is 15.9 Å². The van der Waals surface area contributed by atoms with Gasteiger partial charge in [-0.15, -0.1) is 0 Å². The number of fused-ring (bicyclic) bond motifs is 1. The maximum Gasteiger partial charge on any atom is 0.202 e. The van der Waals surface area contributed by atoms with E-state index in [0.717, 1.165) is 10.9 Å². The van der Waals surface area contributed by atoms with Crippen molar-refractivity contribution in [3.8, 4) is 5.75 Å². The number of aromatic amines is 1. The molecule has 0 radical (unpaired) electrons. The quantitative estimate of drug-likeness (QED) is 0.715. The van der Waals surface area contributed by atoms with Crippen molar-refractivity contribution in [1.82, 2.24) is 4.98 Å². The number of hydrogen-bond acceptors (Lipinski definition) is 2. The van der Waals surface area contributed by atoms with Gasteiger partial charge in [0.2, 0.25) is 5.79 Å². The minimum Gasteiger partial charge on any atom is -0.462 e. The van der Waals surface area contributed by atoms with E-state index in [1.54, 1.807) is 13.8 Å². The van der Waals surface area contributed by atoms with E-state index < -0.39 is 5.79 Å². The summed E-state index contributed by atoms with van der Waals surface area (Å²) in [6, 6.07) is 7.62. The molecule has 2 rings (SSSR count). The van der Waals surface area contributed by atoms with Crippen molar-refractivity contribution in [2.45, 2.75) is 19.6 Å². The van der Waals surface area contributed by atoms with E-state index in [2.05, 4.69) is 4.98 Å². The normalized spacial score (nSPS) is 11.9. The Balaban J connectivity index is 2.46. The van der Waals surface area contributed by atoms with Crippen molar-refractivity contribution in [1.29, 1.82) is 0 Å². The van der Waals surface area contributed by atoms with Crippen LogP contribution < -0.4 is 4.74 Å². The highest BCUT2D eigenvalue weighted by molar-refractivity contribution is 5.85. The average Bonchev–Trinajstić information content (AvgIpc) is 2.49. The minimum absolute atomic E-state index is 0.691. The second-order valence-corrected chi connectivity index (χ2v) is 3.74. The van der Waals surface area contributed by atoms with Crippen LogP contribution in [0.2, 0.25) is 0 Å². The highest BCUT2D eigenvalue weighted by Gasteiger charge is 2.15. The number of nitrogens with one attached hydrogen (secondary N) is 1. The highest BCUT2D eigenvalue weighted by atomic mass is 16.6. The van der Waals surface area contributed by atoms with Gasteiger partial charge in [0.05, 0.1) is 0 Å². The molecule has 0 saturated carbocycles. The Morgan fingerprint density at radius 1 is 1.29 bits per heavy atom. The Kier molecular flexibility index (Phi) is 1.97. The highest BCUT2D eigenvalue weighted by Crippen LogP contribution is 2.26. The molecule has 0 aliphatic carbocycles. The zero-order valence-electron chi connectivity index (χ0n) is 8.24. The van der Waals surface area contributed by atoms with Crippen LogP contribution >= 0.6 is 0 Å². The molecule has 14 heavy (non-hydrogen) atoms. The molecule has 0 fully saturated rings. The topological polar surface area (TPSA) is 45.2 Å². The maximum atomic E-state index is 9.54. The maximum absolute atomic E-state index is 9.54. The summed E-state index contributed by atoms with van der Waals surface area (Å²) >= 11 is 0. The first kappa shape index (κ1) is 9.09. The van der Waals surface area contributed by atoms with Crippen molar-refractivity contribution < 1.29 is 9.84 Å². The Hall–Kier alpha value is -1.48. The fraction of sp³-hybridized carbons (Fsp3) is 0.273. The predicted octanol–water partition coefficient (Wildman–Crippen LogP) is 2.28. The van der Waals surface area contributed by atoms with Gasteiger partial charge >= 0.3 is 0 Å². The van der Waals surface area contributed by atoms with Gasteiger partial charge in [0, 0.05) is 30.9 Å². The molecule has 74 valence electrons. The van der Waals surface area contributed by atoms with Gasteiger partial charge in [-0.2, -0.15) is 0 Å². The van der Waals surface area contributed by atoms with Gasteiger partial charge in [0.1, 0.15) is 5.75 Å². The summed E-state index contributed by atoms with van der Waals surface area (Å²) in [7, 11) is 0. The van der Waals surface area contributed by atoms with E-state index in [9.17, 15) is 5.11 Å². The summed E-state index contributed by atoms with van der Waals surface area (Å²) < 4.78 is 5.41. The third-order valence-corrected chi connectivity index (χ3v) is 1.91. The molecule has 2 N–H and O–H groups in total. The molecule has 1 aromatic heterocycles. The third-order valence-electron chi connectivity index (χ3n) is 1.91. The summed E-state index contributed by atoms with van der Waals surface area (Å²) in [5, 5.41) is 10.5. The first-order chi connectivity index (χ1) is 6.56. The molecule has 3 heteroatoms. The van der Waals surface area contributed by atoms with Crippen molar-refractivity contribution in [2.75, 3.05) is 0 Å². The lowest BCUT2D eigenvalue weighted by Gasteiger charge is -2.20. The molecule has 0 unspecified atom stereocenters. The lowest BCUT2D eigenvalue weighted by molar-refractivity contribution is -0.103. The predicted molar refractivity (Wildman–Crippen MR) is 55.2 cm³/mol. The summed E-state index contributed by atoms with van der Waals surface area (Å²) in [6.07, 6.45) is 1.85. The van der Waals surface area contributed by atoms with E-state index in [4.69, 9.17) is 4.74 Å². The van der Waals surface area contributed by atoms with Crippen LogP contribution in [0.25, 0.3) is 10.9 Å². The SMILES string of the molecule is CC(C)(O)Oc1cccc2[nH]ccc12. The van der Waals surface area contributed by atoms with E-state index in [1.165, 1.54) is 0 Å². The van der Waals surface area contributed by atoms with Crippen LogP contribution in [0.1, 0.15) is 13.8 Å². The van der Waals surface area contributed by atoms with E-state index in [-0.39, 0.29) is 0 Å². The van der Waals surface area contributed by atoms with Crippen LogP contribution in [0.3, 0.4) is 0 Å². The molecule has 0 atom stereocenters. The fourth-order valence-electron chi connectivity index (χ4n) is 1.41. The smallest absolute Gasteiger partial charge is 0.202 e. The second kappa shape index (κ2) is 3.03. The van der Waals surface area contributed by atoms with E-state index in [1.807, 2.05) is 30.5 Å². The molecule has 2 aromatic rings. The van der Waals surface area contributed by atoms with E-state index in [0.29, 0.717) is 5.75 Å². The van der Waals surface area contributed by atoms with Gasteiger partial charge in [0.25, 0.3) is 0 Å². The first-order valence-corrected chi connectivity index (χ1v) is 4.54. The van der Waals surface area contributed by atoms with Gasteiger partial charge in [-0.1, -0.05) is 6.07 Å². The minimum atomic E-state index is -1.15. The van der Waals surface area contributed by atoms with Gasteiger partial charge in [-0.25, -0.2) is 0 Å². The fourth-order valence-corrected chi connectivity index (χ4v) is 1.41. The number of ether oxygens (including phenoxy) is 1. The second-order valence-electron chi connectivity index (χ2n) is 3.74. The van der Waals surface area contributed by atoms with E-state index >= 15 is 0 Å². The van der Waals surface area contributed by atoms with Crippen LogP contribution in [0.5, 0.6) is 5.75 Å². The molecule has 0 saturated heterocycles. The number of hydrogen-bond donors (Lipinski definition) is 2. The average molecular weight is 191 g/mol. The van der Waals surface area contributed by atoms with Gasteiger partial charge in [-0.05, 0) is 18.2 Å². The van der Waals surface area contributed by atoms with Crippen LogP contribution in [0.4, 0.5) is 0 Å². The molecule has 1 heterocycles. The van der Waals surface area contributed by atoms with Crippen molar-refractivity contribution in [3.05, 3.63) is 30.5 Å². The largest absolute Gasteiger partial charge is 0.462 e. The molecule has 0 aliphatic rings. The van der Waals surface area contributed by atoms with Gasteiger partial charge in [0.15, 0.2) is 0 Å². The molecule has 3 nitrogen and oxygen atoms in total. The number of rotatable bonds is 2. The Labute approximate surface area is 82.3 Å². The first-order valence-electron chi connectivity index (χ1n) is 4.54. The van der Waals surface area contributed by atoms with Gasteiger partial charge in [-0.3, -0.25) is 0 Å². The van der Waals surface area contributed by atoms with Crippen molar-refractivity contribution in [2.24, 2.45) is 0 Å². The lowest BCUT2D eigenvalue weighted by atomic mass is 10.2. The number of aromatic nitrogens is 1. The molecule has 0 aliphatic heterocycles. The summed E-state index contributed by atoms with van der Waals surface area (Å²) in [4.78, 5) is 3.08. The standard InChI is InChI=1S/C11H13NO2/c1-11(2,13)14-10-5-3-4-9-8(10)6-7-12-9/h3-7,12-13H,1-2H3. The van der Waals surface area contributed by atoms with Crippen LogP contribution in [0.15, 0.2) is 30.5 Å². The zero-order chi connectivity index (χ0) is 10.2.